The Balaban J connectivity index is 1.86. The zero-order chi connectivity index (χ0) is 13.5. The van der Waals surface area contributed by atoms with Crippen LogP contribution in [-0.2, 0) is 4.79 Å². The average molecular weight is 270 g/mol. The summed E-state index contributed by atoms with van der Waals surface area (Å²) in [4.78, 5) is 19.7. The highest BCUT2D eigenvalue weighted by molar-refractivity contribution is 7.99. The second-order valence-corrected chi connectivity index (χ2v) is 4.50. The normalized spacial score (nSPS) is 9.63. The van der Waals surface area contributed by atoms with E-state index < -0.39 is 0 Å². The van der Waals surface area contributed by atoms with Crippen LogP contribution in [0, 0.1) is 11.3 Å². The van der Waals surface area contributed by atoms with Crippen molar-refractivity contribution in [1.29, 1.82) is 5.26 Å². The minimum atomic E-state index is -0.137. The third-order valence-corrected chi connectivity index (χ3v) is 3.05. The van der Waals surface area contributed by atoms with Gasteiger partial charge in [0, 0.05) is 18.1 Å². The van der Waals surface area contributed by atoms with Gasteiger partial charge < -0.3 is 5.32 Å². The number of aromatic nitrogens is 2. The monoisotopic (exact) mass is 270 g/mol. The number of nitrogens with one attached hydrogen (secondary N) is 1. The number of rotatable bonds is 4. The summed E-state index contributed by atoms with van der Waals surface area (Å²) in [6, 6.07) is 10.4. The third-order valence-electron chi connectivity index (χ3n) is 2.17. The van der Waals surface area contributed by atoms with Crippen LogP contribution in [0.1, 0.15) is 5.56 Å². The summed E-state index contributed by atoms with van der Waals surface area (Å²) >= 11 is 1.27. The molecule has 94 valence electrons. The lowest BCUT2D eigenvalue weighted by Gasteiger charge is -2.04. The highest BCUT2D eigenvalue weighted by Crippen LogP contribution is 2.13. The number of hydrogen-bond acceptors (Lipinski definition) is 5. The molecule has 0 bridgehead atoms. The number of thioether (sulfide) groups is 1. The summed E-state index contributed by atoms with van der Waals surface area (Å²) in [7, 11) is 0. The fourth-order valence-electron chi connectivity index (χ4n) is 1.32. The van der Waals surface area contributed by atoms with Crippen LogP contribution in [0.25, 0.3) is 0 Å². The molecule has 0 saturated carbocycles. The number of nitrogens with zero attached hydrogens (tertiary/aromatic N) is 3. The van der Waals surface area contributed by atoms with Gasteiger partial charge in [0.25, 0.3) is 0 Å². The Morgan fingerprint density at radius 1 is 1.26 bits per heavy atom. The predicted molar refractivity (Wildman–Crippen MR) is 72.5 cm³/mol. The first kappa shape index (κ1) is 13.1. The van der Waals surface area contributed by atoms with E-state index in [0.29, 0.717) is 16.4 Å². The van der Waals surface area contributed by atoms with Crippen LogP contribution in [0.15, 0.2) is 47.9 Å². The van der Waals surface area contributed by atoms with E-state index in [0.717, 1.165) is 0 Å². The molecule has 0 aliphatic rings. The number of amides is 1. The van der Waals surface area contributed by atoms with E-state index in [1.165, 1.54) is 11.8 Å². The Labute approximate surface area is 114 Å². The van der Waals surface area contributed by atoms with Gasteiger partial charge in [-0.2, -0.15) is 5.26 Å². The molecule has 2 rings (SSSR count). The van der Waals surface area contributed by atoms with Crippen molar-refractivity contribution in [2.24, 2.45) is 0 Å². The molecule has 1 heterocycles. The summed E-state index contributed by atoms with van der Waals surface area (Å²) < 4.78 is 0. The Kier molecular flexibility index (Phi) is 4.48. The molecule has 1 aromatic heterocycles. The molecule has 6 heteroatoms. The van der Waals surface area contributed by atoms with E-state index in [9.17, 15) is 4.79 Å². The van der Waals surface area contributed by atoms with Gasteiger partial charge in [-0.1, -0.05) is 11.8 Å². The molecule has 2 aromatic rings. The topological polar surface area (TPSA) is 78.7 Å². The van der Waals surface area contributed by atoms with Crippen LogP contribution in [-0.4, -0.2) is 21.6 Å². The lowest BCUT2D eigenvalue weighted by atomic mass is 10.2. The third kappa shape index (κ3) is 4.08. The minimum Gasteiger partial charge on any atom is -0.325 e. The van der Waals surface area contributed by atoms with Crippen LogP contribution in [0.4, 0.5) is 5.69 Å². The van der Waals surface area contributed by atoms with Crippen molar-refractivity contribution in [1.82, 2.24) is 9.97 Å². The zero-order valence-corrected chi connectivity index (χ0v) is 10.7. The highest BCUT2D eigenvalue weighted by atomic mass is 32.2. The second kappa shape index (κ2) is 6.52. The van der Waals surface area contributed by atoms with Gasteiger partial charge in [-0.15, -0.1) is 0 Å². The molecule has 0 atom stereocenters. The number of hydrogen-bond donors (Lipinski definition) is 1. The van der Waals surface area contributed by atoms with E-state index in [4.69, 9.17) is 5.26 Å². The number of carbonyl (C=O) groups excluding carboxylic acids is 1. The molecular weight excluding hydrogens is 260 g/mol. The van der Waals surface area contributed by atoms with Gasteiger partial charge in [-0.05, 0) is 30.3 Å². The van der Waals surface area contributed by atoms with Gasteiger partial charge >= 0.3 is 0 Å². The van der Waals surface area contributed by atoms with E-state index in [2.05, 4.69) is 15.3 Å². The largest absolute Gasteiger partial charge is 0.325 e. The van der Waals surface area contributed by atoms with Gasteiger partial charge in [-0.3, -0.25) is 4.79 Å². The van der Waals surface area contributed by atoms with Crippen LogP contribution in [0.2, 0.25) is 0 Å². The highest BCUT2D eigenvalue weighted by Gasteiger charge is 2.04. The number of benzene rings is 1. The molecule has 19 heavy (non-hydrogen) atoms. The first-order valence-electron chi connectivity index (χ1n) is 5.48. The molecule has 1 N–H and O–H groups in total. The molecule has 0 aliphatic carbocycles. The molecule has 0 aliphatic heterocycles. The van der Waals surface area contributed by atoms with Gasteiger partial charge in [0.2, 0.25) is 5.91 Å². The molecule has 5 nitrogen and oxygen atoms in total. The van der Waals surface area contributed by atoms with Crippen LogP contribution in [0.5, 0.6) is 0 Å². The fraction of sp³-hybridized carbons (Fsp3) is 0.0769. The number of anilines is 1. The standard InChI is InChI=1S/C13H10N4OS/c14-8-10-2-4-11(5-3-10)17-12(18)9-19-13-15-6-1-7-16-13/h1-7H,9H2,(H,17,18). The van der Waals surface area contributed by atoms with E-state index in [-0.39, 0.29) is 11.7 Å². The minimum absolute atomic E-state index is 0.137. The summed E-state index contributed by atoms with van der Waals surface area (Å²) in [6.45, 7) is 0. The maximum absolute atomic E-state index is 11.7. The van der Waals surface area contributed by atoms with Gasteiger partial charge in [0.05, 0.1) is 17.4 Å². The zero-order valence-electron chi connectivity index (χ0n) is 9.91. The van der Waals surface area contributed by atoms with E-state index >= 15 is 0 Å². The molecule has 0 saturated heterocycles. The number of carbonyl (C=O) groups is 1. The Hall–Kier alpha value is -2.39. The van der Waals surface area contributed by atoms with Crippen molar-refractivity contribution in [3.05, 3.63) is 48.3 Å². The van der Waals surface area contributed by atoms with Crippen molar-refractivity contribution in [3.63, 3.8) is 0 Å². The van der Waals surface area contributed by atoms with Gasteiger partial charge in [0.15, 0.2) is 5.16 Å². The van der Waals surface area contributed by atoms with Gasteiger partial charge in [-0.25, -0.2) is 9.97 Å². The van der Waals surface area contributed by atoms with Crippen molar-refractivity contribution in [2.75, 3.05) is 11.1 Å². The molecule has 1 aromatic carbocycles. The van der Waals surface area contributed by atoms with Crippen LogP contribution >= 0.6 is 11.8 Å². The molecule has 0 spiro atoms. The predicted octanol–water partition coefficient (Wildman–Crippen LogP) is 2.08. The summed E-state index contributed by atoms with van der Waals surface area (Å²) in [5, 5.41) is 12.0. The summed E-state index contributed by atoms with van der Waals surface area (Å²) in [5.74, 6) is 0.103. The van der Waals surface area contributed by atoms with E-state index in [1.807, 2.05) is 6.07 Å². The average Bonchev–Trinajstić information content (AvgIpc) is 2.47. The molecule has 0 unspecified atom stereocenters. The lowest BCUT2D eigenvalue weighted by Crippen LogP contribution is -2.14. The molecule has 1 amide bonds. The second-order valence-electron chi connectivity index (χ2n) is 3.56. The van der Waals surface area contributed by atoms with Crippen molar-refractivity contribution in [2.45, 2.75) is 5.16 Å². The lowest BCUT2D eigenvalue weighted by molar-refractivity contribution is -0.113. The van der Waals surface area contributed by atoms with Crippen molar-refractivity contribution in [3.8, 4) is 6.07 Å². The Bertz CT molecular complexity index is 592. The first-order chi connectivity index (χ1) is 9.28. The quantitative estimate of drug-likeness (QED) is 0.679. The smallest absolute Gasteiger partial charge is 0.234 e. The molecular formula is C13H10N4OS. The van der Waals surface area contributed by atoms with Crippen LogP contribution in [0.3, 0.4) is 0 Å². The summed E-state index contributed by atoms with van der Waals surface area (Å²) in [5.41, 5.74) is 1.23. The number of nitriles is 1. The Morgan fingerprint density at radius 2 is 1.95 bits per heavy atom. The first-order valence-corrected chi connectivity index (χ1v) is 6.46. The van der Waals surface area contributed by atoms with Crippen molar-refractivity contribution >= 4 is 23.4 Å². The molecule has 0 radical (unpaired) electrons. The van der Waals surface area contributed by atoms with Crippen molar-refractivity contribution < 1.29 is 4.79 Å². The maximum Gasteiger partial charge on any atom is 0.234 e. The van der Waals surface area contributed by atoms with Crippen LogP contribution < -0.4 is 5.32 Å². The fourth-order valence-corrected chi connectivity index (χ4v) is 1.92. The maximum atomic E-state index is 11.7. The van der Waals surface area contributed by atoms with E-state index in [1.54, 1.807) is 42.7 Å². The SMILES string of the molecule is N#Cc1ccc(NC(=O)CSc2ncccn2)cc1. The van der Waals surface area contributed by atoms with Gasteiger partial charge in [0.1, 0.15) is 0 Å². The molecule has 0 fully saturated rings. The Morgan fingerprint density at radius 3 is 2.58 bits per heavy atom. The summed E-state index contributed by atoms with van der Waals surface area (Å²) in [6.07, 6.45) is 3.27.